The standard InChI is InChI=1S/C18H18F2N2O3/c1-10-3-6-14(20)9-15(10)22-18(25)17(24)21-11(2)16(23)12-4-7-13(19)8-5-12/h3-9,11,16,23H,1-2H3,(H,21,24)(H,22,25). The maximum Gasteiger partial charge on any atom is 0.313 e. The number of aliphatic hydroxyl groups excluding tert-OH is 1. The van der Waals surface area contributed by atoms with Crippen LogP contribution in [0.4, 0.5) is 14.5 Å². The third-order valence-electron chi connectivity index (χ3n) is 3.70. The van der Waals surface area contributed by atoms with E-state index in [1.165, 1.54) is 43.3 Å². The van der Waals surface area contributed by atoms with E-state index in [0.717, 1.165) is 6.07 Å². The molecule has 2 aromatic carbocycles. The smallest absolute Gasteiger partial charge is 0.313 e. The first-order chi connectivity index (χ1) is 11.8. The zero-order valence-corrected chi connectivity index (χ0v) is 13.7. The average Bonchev–Trinajstić information content (AvgIpc) is 2.58. The number of carbonyl (C=O) groups is 2. The molecule has 25 heavy (non-hydrogen) atoms. The molecular weight excluding hydrogens is 330 g/mol. The second kappa shape index (κ2) is 7.85. The number of aryl methyl sites for hydroxylation is 1. The number of amides is 2. The van der Waals surface area contributed by atoms with Gasteiger partial charge in [0.1, 0.15) is 11.6 Å². The van der Waals surface area contributed by atoms with Crippen LogP contribution < -0.4 is 10.6 Å². The number of carbonyl (C=O) groups excluding carboxylic acids is 2. The van der Waals surface area contributed by atoms with Gasteiger partial charge >= 0.3 is 11.8 Å². The van der Waals surface area contributed by atoms with E-state index < -0.39 is 35.6 Å². The third kappa shape index (κ3) is 4.84. The molecule has 0 aliphatic carbocycles. The van der Waals surface area contributed by atoms with Crippen LogP contribution in [0.25, 0.3) is 0 Å². The fourth-order valence-electron chi connectivity index (χ4n) is 2.21. The molecule has 0 saturated heterocycles. The van der Waals surface area contributed by atoms with E-state index >= 15 is 0 Å². The molecule has 3 N–H and O–H groups in total. The van der Waals surface area contributed by atoms with E-state index in [2.05, 4.69) is 10.6 Å². The van der Waals surface area contributed by atoms with E-state index in [1.807, 2.05) is 0 Å². The number of halogens is 2. The summed E-state index contributed by atoms with van der Waals surface area (Å²) in [5, 5.41) is 14.8. The van der Waals surface area contributed by atoms with Crippen LogP contribution in [-0.4, -0.2) is 23.0 Å². The van der Waals surface area contributed by atoms with Crippen molar-refractivity contribution in [1.82, 2.24) is 5.32 Å². The lowest BCUT2D eigenvalue weighted by atomic mass is 10.0. The largest absolute Gasteiger partial charge is 0.386 e. The van der Waals surface area contributed by atoms with Gasteiger partial charge in [0.05, 0.1) is 12.1 Å². The summed E-state index contributed by atoms with van der Waals surface area (Å²) in [5.41, 5.74) is 1.18. The van der Waals surface area contributed by atoms with Gasteiger partial charge in [0.25, 0.3) is 0 Å². The zero-order valence-electron chi connectivity index (χ0n) is 13.7. The van der Waals surface area contributed by atoms with Gasteiger partial charge in [-0.15, -0.1) is 0 Å². The van der Waals surface area contributed by atoms with Crippen LogP contribution in [0.1, 0.15) is 24.2 Å². The number of hydrogen-bond acceptors (Lipinski definition) is 3. The van der Waals surface area contributed by atoms with Crippen molar-refractivity contribution in [3.8, 4) is 0 Å². The highest BCUT2D eigenvalue weighted by Crippen LogP contribution is 2.18. The highest BCUT2D eigenvalue weighted by Gasteiger charge is 2.22. The molecule has 132 valence electrons. The normalized spacial score (nSPS) is 13.0. The Morgan fingerprint density at radius 1 is 1.00 bits per heavy atom. The van der Waals surface area contributed by atoms with Crippen LogP contribution in [0.2, 0.25) is 0 Å². The first kappa shape index (κ1) is 18.5. The van der Waals surface area contributed by atoms with Crippen LogP contribution in [0.5, 0.6) is 0 Å². The van der Waals surface area contributed by atoms with Gasteiger partial charge in [0.15, 0.2) is 0 Å². The Morgan fingerprint density at radius 2 is 1.60 bits per heavy atom. The van der Waals surface area contributed by atoms with Crippen molar-refractivity contribution in [3.63, 3.8) is 0 Å². The fraction of sp³-hybridized carbons (Fsp3) is 0.222. The molecule has 0 aromatic heterocycles. The second-order valence-corrected chi connectivity index (χ2v) is 5.67. The Labute approximate surface area is 143 Å². The number of nitrogens with one attached hydrogen (secondary N) is 2. The van der Waals surface area contributed by atoms with E-state index in [4.69, 9.17) is 0 Å². The molecule has 0 fully saturated rings. The van der Waals surface area contributed by atoms with Crippen LogP contribution in [0.15, 0.2) is 42.5 Å². The molecular formula is C18H18F2N2O3. The van der Waals surface area contributed by atoms with Crippen molar-refractivity contribution in [2.75, 3.05) is 5.32 Å². The van der Waals surface area contributed by atoms with Gasteiger partial charge in [-0.3, -0.25) is 9.59 Å². The van der Waals surface area contributed by atoms with Gasteiger partial charge in [-0.25, -0.2) is 8.78 Å². The van der Waals surface area contributed by atoms with E-state index in [-0.39, 0.29) is 5.69 Å². The molecule has 2 aromatic rings. The summed E-state index contributed by atoms with van der Waals surface area (Å²) in [4.78, 5) is 23.9. The maximum absolute atomic E-state index is 13.2. The van der Waals surface area contributed by atoms with Gasteiger partial charge in [-0.2, -0.15) is 0 Å². The first-order valence-corrected chi connectivity index (χ1v) is 7.59. The summed E-state index contributed by atoms with van der Waals surface area (Å²) in [6.45, 7) is 3.17. The topological polar surface area (TPSA) is 78.4 Å². The number of benzene rings is 2. The molecule has 0 radical (unpaired) electrons. The van der Waals surface area contributed by atoms with Crippen molar-refractivity contribution in [3.05, 3.63) is 65.2 Å². The van der Waals surface area contributed by atoms with Gasteiger partial charge < -0.3 is 15.7 Å². The Morgan fingerprint density at radius 3 is 2.24 bits per heavy atom. The summed E-state index contributed by atoms with van der Waals surface area (Å²) in [6, 6.07) is 8.18. The summed E-state index contributed by atoms with van der Waals surface area (Å²) in [5.74, 6) is -2.94. The number of hydrogen-bond donors (Lipinski definition) is 3. The van der Waals surface area contributed by atoms with Crippen molar-refractivity contribution in [1.29, 1.82) is 0 Å². The highest BCUT2D eigenvalue weighted by atomic mass is 19.1. The molecule has 2 amide bonds. The molecule has 7 heteroatoms. The number of anilines is 1. The molecule has 5 nitrogen and oxygen atoms in total. The van der Waals surface area contributed by atoms with Crippen molar-refractivity contribution in [2.24, 2.45) is 0 Å². The van der Waals surface area contributed by atoms with Crippen molar-refractivity contribution < 1.29 is 23.5 Å². The molecule has 2 atom stereocenters. The average molecular weight is 348 g/mol. The minimum atomic E-state index is -1.12. The lowest BCUT2D eigenvalue weighted by molar-refractivity contribution is -0.137. The van der Waals surface area contributed by atoms with Crippen LogP contribution in [-0.2, 0) is 9.59 Å². The second-order valence-electron chi connectivity index (χ2n) is 5.67. The Bertz CT molecular complexity index is 778. The fourth-order valence-corrected chi connectivity index (χ4v) is 2.21. The van der Waals surface area contributed by atoms with E-state index in [0.29, 0.717) is 11.1 Å². The molecule has 2 unspecified atom stereocenters. The van der Waals surface area contributed by atoms with Crippen LogP contribution in [0.3, 0.4) is 0 Å². The maximum atomic E-state index is 13.2. The predicted molar refractivity (Wildman–Crippen MR) is 88.7 cm³/mol. The van der Waals surface area contributed by atoms with Gasteiger partial charge in [-0.1, -0.05) is 18.2 Å². The van der Waals surface area contributed by atoms with Crippen molar-refractivity contribution in [2.45, 2.75) is 26.0 Å². The Hall–Kier alpha value is -2.80. The van der Waals surface area contributed by atoms with Gasteiger partial charge in [0, 0.05) is 5.69 Å². The molecule has 0 aliphatic heterocycles. The summed E-state index contributed by atoms with van der Waals surface area (Å²) >= 11 is 0. The monoisotopic (exact) mass is 348 g/mol. The first-order valence-electron chi connectivity index (χ1n) is 7.59. The predicted octanol–water partition coefficient (Wildman–Crippen LogP) is 2.45. The molecule has 0 aliphatic rings. The molecule has 2 rings (SSSR count). The van der Waals surface area contributed by atoms with Crippen LogP contribution in [0, 0.1) is 18.6 Å². The molecule has 0 bridgehead atoms. The quantitative estimate of drug-likeness (QED) is 0.743. The minimum Gasteiger partial charge on any atom is -0.386 e. The van der Waals surface area contributed by atoms with Crippen LogP contribution >= 0.6 is 0 Å². The SMILES string of the molecule is Cc1ccc(F)cc1NC(=O)C(=O)NC(C)C(O)c1ccc(F)cc1. The summed E-state index contributed by atoms with van der Waals surface area (Å²) < 4.78 is 26.1. The Balaban J connectivity index is 1.99. The Kier molecular flexibility index (Phi) is 5.82. The molecule has 0 spiro atoms. The third-order valence-corrected chi connectivity index (χ3v) is 3.70. The van der Waals surface area contributed by atoms with E-state index in [1.54, 1.807) is 6.92 Å². The number of rotatable bonds is 4. The molecule has 0 saturated carbocycles. The van der Waals surface area contributed by atoms with Crippen molar-refractivity contribution >= 4 is 17.5 Å². The lowest BCUT2D eigenvalue weighted by Crippen LogP contribution is -2.43. The van der Waals surface area contributed by atoms with Gasteiger partial charge in [-0.05, 0) is 49.2 Å². The minimum absolute atomic E-state index is 0.187. The lowest BCUT2D eigenvalue weighted by Gasteiger charge is -2.20. The molecule has 0 heterocycles. The summed E-state index contributed by atoms with van der Waals surface area (Å²) in [7, 11) is 0. The highest BCUT2D eigenvalue weighted by molar-refractivity contribution is 6.39. The van der Waals surface area contributed by atoms with Gasteiger partial charge in [0.2, 0.25) is 0 Å². The number of aliphatic hydroxyl groups is 1. The zero-order chi connectivity index (χ0) is 18.6. The summed E-state index contributed by atoms with van der Waals surface area (Å²) in [6.07, 6.45) is -1.12. The van der Waals surface area contributed by atoms with E-state index in [9.17, 15) is 23.5 Å².